The lowest BCUT2D eigenvalue weighted by molar-refractivity contribution is 0.324. The summed E-state index contributed by atoms with van der Waals surface area (Å²) in [5.41, 5.74) is 6.86. The maximum absolute atomic E-state index is 12.0. The summed E-state index contributed by atoms with van der Waals surface area (Å²) >= 11 is 3.47. The summed E-state index contributed by atoms with van der Waals surface area (Å²) in [6.07, 6.45) is 1.51. The molecular weight excluding hydrogens is 326 g/mol. The molecule has 108 valence electrons. The fourth-order valence-electron chi connectivity index (χ4n) is 1.79. The van der Waals surface area contributed by atoms with Crippen molar-refractivity contribution < 1.29 is 4.74 Å². The summed E-state index contributed by atoms with van der Waals surface area (Å²) < 4.78 is 9.24. The molecule has 0 amide bonds. The van der Waals surface area contributed by atoms with Crippen LogP contribution in [-0.4, -0.2) is 32.7 Å². The zero-order valence-corrected chi connectivity index (χ0v) is 12.9. The Morgan fingerprint density at radius 1 is 1.50 bits per heavy atom. The van der Waals surface area contributed by atoms with E-state index in [1.807, 2.05) is 14.0 Å². The highest BCUT2D eigenvalue weighted by Gasteiger charge is 2.12. The average molecular weight is 342 g/mol. The molecule has 0 atom stereocenters. The molecule has 0 aliphatic heterocycles. The van der Waals surface area contributed by atoms with Crippen LogP contribution in [0.1, 0.15) is 11.4 Å². The third-order valence-electron chi connectivity index (χ3n) is 2.79. The lowest BCUT2D eigenvalue weighted by atomic mass is 10.3. The van der Waals surface area contributed by atoms with Gasteiger partial charge < -0.3 is 10.5 Å². The molecule has 0 bridgehead atoms. The molecule has 2 rings (SSSR count). The maximum Gasteiger partial charge on any atom is 0.270 e. The predicted molar refractivity (Wildman–Crippen MR) is 77.8 cm³/mol. The van der Waals surface area contributed by atoms with Crippen LogP contribution in [0.15, 0.2) is 21.5 Å². The number of hydrogen-bond acceptors (Lipinski definition) is 5. The van der Waals surface area contributed by atoms with Crippen LogP contribution in [0.3, 0.4) is 0 Å². The summed E-state index contributed by atoms with van der Waals surface area (Å²) in [5.74, 6) is 0.428. The van der Waals surface area contributed by atoms with E-state index in [1.165, 1.54) is 16.9 Å². The molecule has 2 aromatic rings. The first kappa shape index (κ1) is 14.7. The standard InChI is InChI=1S/C12H16BrN5O2/c1-8-12(13)10(17(2)16-8)7-18-11(19)5-9(6-15-18)20-4-3-14/h5-6H,3-4,7,14H2,1-2H3. The second-order valence-electron chi connectivity index (χ2n) is 4.29. The van der Waals surface area contributed by atoms with Crippen molar-refractivity contribution in [2.45, 2.75) is 13.5 Å². The van der Waals surface area contributed by atoms with Gasteiger partial charge in [0.1, 0.15) is 12.4 Å². The molecule has 0 aliphatic rings. The van der Waals surface area contributed by atoms with Crippen molar-refractivity contribution in [1.82, 2.24) is 19.6 Å². The van der Waals surface area contributed by atoms with Gasteiger partial charge in [-0.2, -0.15) is 10.2 Å². The summed E-state index contributed by atoms with van der Waals surface area (Å²) in [6, 6.07) is 1.40. The second-order valence-corrected chi connectivity index (χ2v) is 5.09. The first-order chi connectivity index (χ1) is 9.52. The van der Waals surface area contributed by atoms with Crippen molar-refractivity contribution in [2.24, 2.45) is 12.8 Å². The molecule has 2 N–H and O–H groups in total. The Balaban J connectivity index is 2.24. The van der Waals surface area contributed by atoms with Gasteiger partial charge in [0.25, 0.3) is 5.56 Å². The number of nitrogens with two attached hydrogens (primary N) is 1. The van der Waals surface area contributed by atoms with E-state index in [0.717, 1.165) is 15.9 Å². The topological polar surface area (TPSA) is 88.0 Å². The molecule has 0 radical (unpaired) electrons. The van der Waals surface area contributed by atoms with Crippen molar-refractivity contribution in [1.29, 1.82) is 0 Å². The Kier molecular flexibility index (Phi) is 4.56. The van der Waals surface area contributed by atoms with E-state index in [-0.39, 0.29) is 5.56 Å². The summed E-state index contributed by atoms with van der Waals surface area (Å²) in [4.78, 5) is 12.0. The van der Waals surface area contributed by atoms with Crippen LogP contribution in [0.4, 0.5) is 0 Å². The maximum atomic E-state index is 12.0. The molecule has 8 heteroatoms. The number of halogens is 1. The van der Waals surface area contributed by atoms with E-state index in [2.05, 4.69) is 26.1 Å². The summed E-state index contributed by atoms with van der Waals surface area (Å²) in [5, 5.41) is 8.38. The third-order valence-corrected chi connectivity index (χ3v) is 3.82. The number of hydrogen-bond donors (Lipinski definition) is 1. The lowest BCUT2D eigenvalue weighted by Gasteiger charge is -2.07. The van der Waals surface area contributed by atoms with E-state index in [0.29, 0.717) is 25.4 Å². The number of ether oxygens (including phenoxy) is 1. The molecule has 2 aromatic heterocycles. The normalized spacial score (nSPS) is 10.8. The Morgan fingerprint density at radius 3 is 2.80 bits per heavy atom. The second kappa shape index (κ2) is 6.19. The lowest BCUT2D eigenvalue weighted by Crippen LogP contribution is -2.24. The highest BCUT2D eigenvalue weighted by molar-refractivity contribution is 9.10. The third kappa shape index (κ3) is 3.07. The van der Waals surface area contributed by atoms with E-state index in [1.54, 1.807) is 4.68 Å². The van der Waals surface area contributed by atoms with Crippen molar-refractivity contribution in [3.8, 4) is 5.75 Å². The van der Waals surface area contributed by atoms with E-state index >= 15 is 0 Å². The Hall–Kier alpha value is -1.67. The molecule has 7 nitrogen and oxygen atoms in total. The van der Waals surface area contributed by atoms with Crippen molar-refractivity contribution in [3.63, 3.8) is 0 Å². The van der Waals surface area contributed by atoms with Gasteiger partial charge in [0.05, 0.1) is 28.6 Å². The first-order valence-electron chi connectivity index (χ1n) is 6.11. The summed E-state index contributed by atoms with van der Waals surface area (Å²) in [6.45, 7) is 2.99. The van der Waals surface area contributed by atoms with Gasteiger partial charge in [-0.15, -0.1) is 0 Å². The highest BCUT2D eigenvalue weighted by atomic mass is 79.9. The molecule has 0 aliphatic carbocycles. The van der Waals surface area contributed by atoms with Gasteiger partial charge in [-0.1, -0.05) is 0 Å². The van der Waals surface area contributed by atoms with Crippen LogP contribution in [0.2, 0.25) is 0 Å². The summed E-state index contributed by atoms with van der Waals surface area (Å²) in [7, 11) is 1.83. The Morgan fingerprint density at radius 2 is 2.25 bits per heavy atom. The molecule has 0 spiro atoms. The number of rotatable bonds is 5. The number of aromatic nitrogens is 4. The van der Waals surface area contributed by atoms with Crippen LogP contribution in [0.25, 0.3) is 0 Å². The molecule has 0 aromatic carbocycles. The minimum atomic E-state index is -0.231. The molecule has 0 fully saturated rings. The molecule has 20 heavy (non-hydrogen) atoms. The van der Waals surface area contributed by atoms with Crippen LogP contribution in [0, 0.1) is 6.92 Å². The van der Waals surface area contributed by atoms with Gasteiger partial charge in [-0.3, -0.25) is 9.48 Å². The molecule has 0 unspecified atom stereocenters. The number of aryl methyl sites for hydroxylation is 2. The molecular formula is C12H16BrN5O2. The fraction of sp³-hybridized carbons (Fsp3) is 0.417. The predicted octanol–water partition coefficient (Wildman–Crippen LogP) is 0.434. The SMILES string of the molecule is Cc1nn(C)c(Cn2ncc(OCCN)cc2=O)c1Br. The largest absolute Gasteiger partial charge is 0.490 e. The first-order valence-corrected chi connectivity index (χ1v) is 6.90. The average Bonchev–Trinajstić information content (AvgIpc) is 2.65. The quantitative estimate of drug-likeness (QED) is 0.852. The fourth-order valence-corrected chi connectivity index (χ4v) is 2.25. The van der Waals surface area contributed by atoms with E-state index < -0.39 is 0 Å². The smallest absolute Gasteiger partial charge is 0.270 e. The number of nitrogens with zero attached hydrogens (tertiary/aromatic N) is 4. The minimum Gasteiger partial charge on any atom is -0.490 e. The van der Waals surface area contributed by atoms with Gasteiger partial charge in [0, 0.05) is 19.7 Å². The molecule has 0 saturated carbocycles. The van der Waals surface area contributed by atoms with Gasteiger partial charge in [-0.25, -0.2) is 4.68 Å². The minimum absolute atomic E-state index is 0.231. The van der Waals surface area contributed by atoms with Crippen LogP contribution in [0.5, 0.6) is 5.75 Å². The van der Waals surface area contributed by atoms with Crippen molar-refractivity contribution in [2.75, 3.05) is 13.2 Å². The Labute approximate surface area is 124 Å². The van der Waals surface area contributed by atoms with Gasteiger partial charge in [-0.05, 0) is 22.9 Å². The van der Waals surface area contributed by atoms with Crippen molar-refractivity contribution in [3.05, 3.63) is 38.5 Å². The van der Waals surface area contributed by atoms with Crippen LogP contribution >= 0.6 is 15.9 Å². The van der Waals surface area contributed by atoms with Crippen LogP contribution < -0.4 is 16.0 Å². The monoisotopic (exact) mass is 341 g/mol. The molecule has 0 saturated heterocycles. The van der Waals surface area contributed by atoms with Gasteiger partial charge in [0.15, 0.2) is 0 Å². The molecule has 2 heterocycles. The van der Waals surface area contributed by atoms with Gasteiger partial charge >= 0.3 is 0 Å². The zero-order valence-electron chi connectivity index (χ0n) is 11.3. The van der Waals surface area contributed by atoms with E-state index in [9.17, 15) is 4.79 Å². The Bertz CT molecular complexity index is 664. The van der Waals surface area contributed by atoms with Crippen molar-refractivity contribution >= 4 is 15.9 Å². The zero-order chi connectivity index (χ0) is 14.7. The van der Waals surface area contributed by atoms with Crippen LogP contribution in [-0.2, 0) is 13.6 Å². The highest BCUT2D eigenvalue weighted by Crippen LogP contribution is 2.20. The van der Waals surface area contributed by atoms with E-state index in [4.69, 9.17) is 10.5 Å². The van der Waals surface area contributed by atoms with Gasteiger partial charge in [0.2, 0.25) is 0 Å².